The SMILES string of the molecule is CC(NC(=O)C(CCC(N)=O)NC(=O)C(Cc1ccccc1)NC(=O)C(N)CO)C(=O)O. The molecule has 0 radical (unpaired) electrons. The fourth-order valence-corrected chi connectivity index (χ4v) is 2.62. The Labute approximate surface area is 184 Å². The van der Waals surface area contributed by atoms with Crippen molar-refractivity contribution in [3.05, 3.63) is 35.9 Å². The van der Waals surface area contributed by atoms with E-state index in [1.807, 2.05) is 0 Å². The molecule has 1 rings (SSSR count). The maximum absolute atomic E-state index is 12.9. The summed E-state index contributed by atoms with van der Waals surface area (Å²) in [4.78, 5) is 59.7. The van der Waals surface area contributed by atoms with E-state index in [0.717, 1.165) is 0 Å². The Morgan fingerprint density at radius 3 is 2.03 bits per heavy atom. The molecular formula is C20H29N5O7. The molecule has 0 aromatic heterocycles. The van der Waals surface area contributed by atoms with Crippen LogP contribution in [0.4, 0.5) is 0 Å². The lowest BCUT2D eigenvalue weighted by molar-refractivity contribution is -0.142. The lowest BCUT2D eigenvalue weighted by atomic mass is 10.0. The van der Waals surface area contributed by atoms with Crippen LogP contribution in [0.1, 0.15) is 25.3 Å². The Morgan fingerprint density at radius 1 is 0.938 bits per heavy atom. The van der Waals surface area contributed by atoms with E-state index in [2.05, 4.69) is 16.0 Å². The number of rotatable bonds is 13. The number of amides is 4. The summed E-state index contributed by atoms with van der Waals surface area (Å²) in [6.07, 6.45) is -0.376. The van der Waals surface area contributed by atoms with E-state index in [4.69, 9.17) is 21.7 Å². The molecule has 0 heterocycles. The van der Waals surface area contributed by atoms with Crippen molar-refractivity contribution in [2.45, 2.75) is 50.4 Å². The molecule has 0 spiro atoms. The zero-order valence-electron chi connectivity index (χ0n) is 17.6. The first-order chi connectivity index (χ1) is 15.0. The first-order valence-electron chi connectivity index (χ1n) is 9.87. The minimum Gasteiger partial charge on any atom is -0.480 e. The van der Waals surface area contributed by atoms with Crippen molar-refractivity contribution in [3.8, 4) is 0 Å². The highest BCUT2D eigenvalue weighted by Gasteiger charge is 2.29. The predicted octanol–water partition coefficient (Wildman–Crippen LogP) is -2.63. The number of aliphatic hydroxyl groups is 1. The largest absolute Gasteiger partial charge is 0.480 e. The molecule has 0 saturated heterocycles. The average molecular weight is 451 g/mol. The molecule has 0 aliphatic carbocycles. The summed E-state index contributed by atoms with van der Waals surface area (Å²) >= 11 is 0. The van der Waals surface area contributed by atoms with Gasteiger partial charge in [0.1, 0.15) is 24.2 Å². The number of aliphatic hydroxyl groups excluding tert-OH is 1. The Balaban J connectivity index is 3.04. The van der Waals surface area contributed by atoms with Gasteiger partial charge in [0, 0.05) is 12.8 Å². The number of hydrogen-bond acceptors (Lipinski definition) is 7. The third-order valence-corrected chi connectivity index (χ3v) is 4.49. The quantitative estimate of drug-likeness (QED) is 0.168. The topological polar surface area (TPSA) is 214 Å². The van der Waals surface area contributed by atoms with Crippen LogP contribution < -0.4 is 27.4 Å². The van der Waals surface area contributed by atoms with Crippen molar-refractivity contribution in [1.29, 1.82) is 0 Å². The van der Waals surface area contributed by atoms with Crippen LogP contribution in [0.15, 0.2) is 30.3 Å². The van der Waals surface area contributed by atoms with Gasteiger partial charge >= 0.3 is 5.97 Å². The second kappa shape index (κ2) is 13.0. The van der Waals surface area contributed by atoms with E-state index in [0.29, 0.717) is 5.56 Å². The highest BCUT2D eigenvalue weighted by Crippen LogP contribution is 2.06. The van der Waals surface area contributed by atoms with Crippen LogP contribution in [0.5, 0.6) is 0 Å². The normalized spacial score (nSPS) is 14.3. The monoisotopic (exact) mass is 451 g/mol. The number of carboxylic acids is 1. The summed E-state index contributed by atoms with van der Waals surface area (Å²) in [6.45, 7) is 0.601. The molecule has 4 unspecified atom stereocenters. The number of carbonyl (C=O) groups is 5. The van der Waals surface area contributed by atoms with Gasteiger partial charge in [0.25, 0.3) is 0 Å². The Kier molecular flexibility index (Phi) is 10.8. The minimum atomic E-state index is -1.29. The van der Waals surface area contributed by atoms with Crippen LogP contribution in [0, 0.1) is 0 Å². The van der Waals surface area contributed by atoms with E-state index in [-0.39, 0.29) is 19.3 Å². The lowest BCUT2D eigenvalue weighted by Gasteiger charge is -2.24. The van der Waals surface area contributed by atoms with Gasteiger partial charge in [-0.2, -0.15) is 0 Å². The van der Waals surface area contributed by atoms with Crippen LogP contribution in [-0.4, -0.2) is 70.6 Å². The molecule has 12 heteroatoms. The molecule has 0 bridgehead atoms. The third-order valence-electron chi connectivity index (χ3n) is 4.49. The summed E-state index contributed by atoms with van der Waals surface area (Å²) in [5, 5.41) is 25.1. The van der Waals surface area contributed by atoms with Crippen LogP contribution in [-0.2, 0) is 30.4 Å². The summed E-state index contributed by atoms with van der Waals surface area (Å²) in [6, 6.07) is 3.76. The first kappa shape index (κ1) is 26.5. The Morgan fingerprint density at radius 2 is 1.50 bits per heavy atom. The smallest absolute Gasteiger partial charge is 0.325 e. The van der Waals surface area contributed by atoms with Crippen molar-refractivity contribution in [2.75, 3.05) is 6.61 Å². The third kappa shape index (κ3) is 9.10. The number of carbonyl (C=O) groups excluding carboxylic acids is 4. The number of hydrogen-bond donors (Lipinski definition) is 7. The molecular weight excluding hydrogens is 422 g/mol. The molecule has 4 amide bonds. The fourth-order valence-electron chi connectivity index (χ4n) is 2.62. The van der Waals surface area contributed by atoms with Crippen LogP contribution in [0.2, 0.25) is 0 Å². The molecule has 0 aliphatic rings. The van der Waals surface area contributed by atoms with E-state index < -0.39 is 60.4 Å². The summed E-state index contributed by atoms with van der Waals surface area (Å²) < 4.78 is 0. The molecule has 176 valence electrons. The standard InChI is InChI=1S/C20H29N5O7/c1-11(20(31)32)23-18(29)14(7-8-16(22)27)24-19(30)15(25-17(28)13(21)10-26)9-12-5-3-2-4-6-12/h2-6,11,13-15,26H,7-10,21H2,1H3,(H2,22,27)(H,23,29)(H,24,30)(H,25,28)(H,31,32). The molecule has 1 aromatic rings. The number of benzene rings is 1. The van der Waals surface area contributed by atoms with Gasteiger partial charge in [-0.25, -0.2) is 0 Å². The molecule has 0 saturated carbocycles. The van der Waals surface area contributed by atoms with Crippen LogP contribution >= 0.6 is 0 Å². The predicted molar refractivity (Wildman–Crippen MR) is 113 cm³/mol. The zero-order valence-corrected chi connectivity index (χ0v) is 17.6. The fraction of sp³-hybridized carbons (Fsp3) is 0.450. The van der Waals surface area contributed by atoms with E-state index in [9.17, 15) is 24.0 Å². The second-order valence-corrected chi connectivity index (χ2v) is 7.17. The van der Waals surface area contributed by atoms with Crippen LogP contribution in [0.3, 0.4) is 0 Å². The molecule has 4 atom stereocenters. The van der Waals surface area contributed by atoms with Crippen molar-refractivity contribution in [3.63, 3.8) is 0 Å². The van der Waals surface area contributed by atoms with Gasteiger partial charge < -0.3 is 37.6 Å². The summed E-state index contributed by atoms with van der Waals surface area (Å²) in [5.41, 5.74) is 11.3. The number of carboxylic acid groups (broad SMARTS) is 1. The maximum atomic E-state index is 12.9. The van der Waals surface area contributed by atoms with Crippen molar-refractivity contribution < 1.29 is 34.2 Å². The van der Waals surface area contributed by atoms with Crippen molar-refractivity contribution in [2.24, 2.45) is 11.5 Å². The van der Waals surface area contributed by atoms with Gasteiger partial charge in [-0.15, -0.1) is 0 Å². The molecule has 9 N–H and O–H groups in total. The number of nitrogens with two attached hydrogens (primary N) is 2. The number of primary amides is 1. The van der Waals surface area contributed by atoms with E-state index in [1.54, 1.807) is 30.3 Å². The zero-order chi connectivity index (χ0) is 24.3. The highest BCUT2D eigenvalue weighted by molar-refractivity contribution is 5.94. The van der Waals surface area contributed by atoms with E-state index in [1.165, 1.54) is 6.92 Å². The average Bonchev–Trinajstić information content (AvgIpc) is 2.75. The van der Waals surface area contributed by atoms with Crippen molar-refractivity contribution >= 4 is 29.6 Å². The van der Waals surface area contributed by atoms with Gasteiger partial charge in [-0.1, -0.05) is 30.3 Å². The van der Waals surface area contributed by atoms with E-state index >= 15 is 0 Å². The highest BCUT2D eigenvalue weighted by atomic mass is 16.4. The first-order valence-corrected chi connectivity index (χ1v) is 9.87. The molecule has 12 nitrogen and oxygen atoms in total. The number of aliphatic carboxylic acids is 1. The molecule has 32 heavy (non-hydrogen) atoms. The van der Waals surface area contributed by atoms with Gasteiger partial charge in [-0.05, 0) is 18.9 Å². The molecule has 0 fully saturated rings. The summed E-state index contributed by atoms with van der Waals surface area (Å²) in [7, 11) is 0. The van der Waals surface area contributed by atoms with Gasteiger partial charge in [0.15, 0.2) is 0 Å². The number of nitrogens with one attached hydrogen (secondary N) is 3. The molecule has 1 aromatic carbocycles. The Hall–Kier alpha value is -3.51. The van der Waals surface area contributed by atoms with Crippen LogP contribution in [0.25, 0.3) is 0 Å². The van der Waals surface area contributed by atoms with Gasteiger partial charge in [0.2, 0.25) is 23.6 Å². The minimum absolute atomic E-state index is 0.0479. The maximum Gasteiger partial charge on any atom is 0.325 e. The van der Waals surface area contributed by atoms with Gasteiger partial charge in [0.05, 0.1) is 6.61 Å². The second-order valence-electron chi connectivity index (χ2n) is 7.17. The lowest BCUT2D eigenvalue weighted by Crippen LogP contribution is -2.57. The van der Waals surface area contributed by atoms with Crippen molar-refractivity contribution in [1.82, 2.24) is 16.0 Å². The van der Waals surface area contributed by atoms with Gasteiger partial charge in [-0.3, -0.25) is 24.0 Å². The summed E-state index contributed by atoms with van der Waals surface area (Å²) in [5.74, 6) is -4.37. The Bertz CT molecular complexity index is 818. The molecule has 0 aliphatic heterocycles.